The SMILES string of the molecule is CNc1ccccc1CNC(CN)C(C)C. The molecule has 0 fully saturated rings. The standard InChI is InChI=1S/C13H23N3/c1-10(2)13(8-14)16-9-11-6-4-5-7-12(11)15-3/h4-7,10,13,15-16H,8-9,14H2,1-3H3. The van der Waals surface area contributed by atoms with Gasteiger partial charge in [0.25, 0.3) is 0 Å². The summed E-state index contributed by atoms with van der Waals surface area (Å²) >= 11 is 0. The number of para-hydroxylation sites is 1. The molecule has 4 N–H and O–H groups in total. The van der Waals surface area contributed by atoms with Crippen molar-refractivity contribution in [3.63, 3.8) is 0 Å². The largest absolute Gasteiger partial charge is 0.388 e. The van der Waals surface area contributed by atoms with Gasteiger partial charge in [0.1, 0.15) is 0 Å². The summed E-state index contributed by atoms with van der Waals surface area (Å²) in [6, 6.07) is 8.70. The van der Waals surface area contributed by atoms with E-state index in [0.717, 1.165) is 6.54 Å². The Hall–Kier alpha value is -1.06. The van der Waals surface area contributed by atoms with Gasteiger partial charge in [0.05, 0.1) is 0 Å². The van der Waals surface area contributed by atoms with Crippen molar-refractivity contribution in [2.75, 3.05) is 18.9 Å². The molecule has 1 unspecified atom stereocenters. The molecule has 0 saturated carbocycles. The van der Waals surface area contributed by atoms with Crippen molar-refractivity contribution >= 4 is 5.69 Å². The molecule has 0 heterocycles. The Balaban J connectivity index is 2.59. The van der Waals surface area contributed by atoms with Gasteiger partial charge in [-0.1, -0.05) is 32.0 Å². The topological polar surface area (TPSA) is 50.1 Å². The lowest BCUT2D eigenvalue weighted by Gasteiger charge is -2.21. The summed E-state index contributed by atoms with van der Waals surface area (Å²) in [5, 5.41) is 6.69. The van der Waals surface area contributed by atoms with Gasteiger partial charge in [0, 0.05) is 31.9 Å². The van der Waals surface area contributed by atoms with Crippen LogP contribution in [0.1, 0.15) is 19.4 Å². The van der Waals surface area contributed by atoms with Crippen LogP contribution < -0.4 is 16.4 Å². The van der Waals surface area contributed by atoms with Crippen molar-refractivity contribution in [2.45, 2.75) is 26.4 Å². The predicted molar refractivity (Wildman–Crippen MR) is 70.5 cm³/mol. The number of hydrogen-bond acceptors (Lipinski definition) is 3. The van der Waals surface area contributed by atoms with Crippen LogP contribution in [0.4, 0.5) is 5.69 Å². The van der Waals surface area contributed by atoms with Crippen molar-refractivity contribution in [2.24, 2.45) is 11.7 Å². The lowest BCUT2D eigenvalue weighted by atomic mass is 10.0. The molecule has 0 aliphatic carbocycles. The summed E-state index contributed by atoms with van der Waals surface area (Å²) in [5.41, 5.74) is 8.19. The smallest absolute Gasteiger partial charge is 0.0383 e. The van der Waals surface area contributed by atoms with Gasteiger partial charge >= 0.3 is 0 Å². The van der Waals surface area contributed by atoms with E-state index in [-0.39, 0.29) is 0 Å². The van der Waals surface area contributed by atoms with Crippen LogP contribution >= 0.6 is 0 Å². The Morgan fingerprint density at radius 2 is 1.94 bits per heavy atom. The Labute approximate surface area is 98.4 Å². The zero-order chi connectivity index (χ0) is 12.0. The molecule has 1 rings (SSSR count). The minimum Gasteiger partial charge on any atom is -0.388 e. The Kier molecular flexibility index (Phi) is 5.29. The summed E-state index contributed by atoms with van der Waals surface area (Å²) in [6.07, 6.45) is 0. The van der Waals surface area contributed by atoms with Crippen molar-refractivity contribution in [3.8, 4) is 0 Å². The minimum atomic E-state index is 0.380. The van der Waals surface area contributed by atoms with E-state index in [9.17, 15) is 0 Å². The summed E-state index contributed by atoms with van der Waals surface area (Å²) in [4.78, 5) is 0. The highest BCUT2D eigenvalue weighted by molar-refractivity contribution is 5.50. The number of hydrogen-bond donors (Lipinski definition) is 3. The van der Waals surface area contributed by atoms with Gasteiger partial charge < -0.3 is 16.4 Å². The molecule has 0 saturated heterocycles. The molecule has 0 spiro atoms. The normalized spacial score (nSPS) is 12.8. The van der Waals surface area contributed by atoms with Crippen LogP contribution in [0.15, 0.2) is 24.3 Å². The molecule has 0 radical (unpaired) electrons. The first-order valence-electron chi connectivity index (χ1n) is 5.88. The van der Waals surface area contributed by atoms with Gasteiger partial charge in [-0.05, 0) is 17.5 Å². The van der Waals surface area contributed by atoms with E-state index in [1.54, 1.807) is 0 Å². The fourth-order valence-electron chi connectivity index (χ4n) is 1.75. The van der Waals surface area contributed by atoms with Crippen LogP contribution in [-0.4, -0.2) is 19.6 Å². The van der Waals surface area contributed by atoms with Crippen molar-refractivity contribution in [1.29, 1.82) is 0 Å². The third-order valence-electron chi connectivity index (χ3n) is 2.90. The Morgan fingerprint density at radius 3 is 2.50 bits per heavy atom. The summed E-state index contributed by atoms with van der Waals surface area (Å²) in [6.45, 7) is 5.92. The number of benzene rings is 1. The highest BCUT2D eigenvalue weighted by Crippen LogP contribution is 2.14. The van der Waals surface area contributed by atoms with Gasteiger partial charge in [0.15, 0.2) is 0 Å². The molecule has 90 valence electrons. The second-order valence-corrected chi connectivity index (χ2v) is 4.37. The minimum absolute atomic E-state index is 0.380. The molecule has 16 heavy (non-hydrogen) atoms. The third-order valence-corrected chi connectivity index (χ3v) is 2.90. The van der Waals surface area contributed by atoms with E-state index in [1.165, 1.54) is 11.3 Å². The number of nitrogens with two attached hydrogens (primary N) is 1. The maximum absolute atomic E-state index is 5.73. The molecular formula is C13H23N3. The van der Waals surface area contributed by atoms with Gasteiger partial charge in [-0.2, -0.15) is 0 Å². The van der Waals surface area contributed by atoms with Crippen molar-refractivity contribution in [3.05, 3.63) is 29.8 Å². The van der Waals surface area contributed by atoms with Gasteiger partial charge in [-0.3, -0.25) is 0 Å². The maximum Gasteiger partial charge on any atom is 0.0383 e. The van der Waals surface area contributed by atoms with Crippen molar-refractivity contribution < 1.29 is 0 Å². The van der Waals surface area contributed by atoms with Crippen LogP contribution in [-0.2, 0) is 6.54 Å². The molecule has 3 heteroatoms. The highest BCUT2D eigenvalue weighted by atomic mass is 14.9. The summed E-state index contributed by atoms with van der Waals surface area (Å²) in [5.74, 6) is 0.562. The predicted octanol–water partition coefficient (Wildman–Crippen LogP) is 1.80. The number of nitrogens with one attached hydrogen (secondary N) is 2. The number of rotatable bonds is 6. The fraction of sp³-hybridized carbons (Fsp3) is 0.538. The van der Waals surface area contributed by atoms with E-state index < -0.39 is 0 Å². The average Bonchev–Trinajstić information content (AvgIpc) is 2.30. The molecule has 1 atom stereocenters. The maximum atomic E-state index is 5.73. The quantitative estimate of drug-likeness (QED) is 0.686. The van der Waals surface area contributed by atoms with Gasteiger partial charge in [-0.15, -0.1) is 0 Å². The zero-order valence-corrected chi connectivity index (χ0v) is 10.5. The number of anilines is 1. The van der Waals surface area contributed by atoms with Crippen LogP contribution in [0.25, 0.3) is 0 Å². The molecule has 1 aromatic rings. The van der Waals surface area contributed by atoms with Gasteiger partial charge in [0.2, 0.25) is 0 Å². The monoisotopic (exact) mass is 221 g/mol. The first kappa shape index (κ1) is 13.0. The summed E-state index contributed by atoms with van der Waals surface area (Å²) < 4.78 is 0. The second kappa shape index (κ2) is 6.51. The van der Waals surface area contributed by atoms with E-state index in [4.69, 9.17) is 5.73 Å². The second-order valence-electron chi connectivity index (χ2n) is 4.37. The Bertz CT molecular complexity index is 310. The fourth-order valence-corrected chi connectivity index (χ4v) is 1.75. The molecule has 0 aliphatic heterocycles. The average molecular weight is 221 g/mol. The molecular weight excluding hydrogens is 198 g/mol. The van der Waals surface area contributed by atoms with E-state index in [1.807, 2.05) is 13.1 Å². The van der Waals surface area contributed by atoms with Crippen LogP contribution in [0.5, 0.6) is 0 Å². The molecule has 0 aliphatic rings. The van der Waals surface area contributed by atoms with Crippen molar-refractivity contribution in [1.82, 2.24) is 5.32 Å². The van der Waals surface area contributed by atoms with Crippen LogP contribution in [0.3, 0.4) is 0 Å². The molecule has 0 amide bonds. The first-order valence-corrected chi connectivity index (χ1v) is 5.88. The van der Waals surface area contributed by atoms with Crippen LogP contribution in [0.2, 0.25) is 0 Å². The molecule has 3 nitrogen and oxygen atoms in total. The molecule has 1 aromatic carbocycles. The first-order chi connectivity index (χ1) is 7.69. The van der Waals surface area contributed by atoms with Crippen LogP contribution in [0, 0.1) is 5.92 Å². The lowest BCUT2D eigenvalue weighted by Crippen LogP contribution is -2.39. The Morgan fingerprint density at radius 1 is 1.25 bits per heavy atom. The van der Waals surface area contributed by atoms with E-state index >= 15 is 0 Å². The lowest BCUT2D eigenvalue weighted by molar-refractivity contribution is 0.405. The zero-order valence-electron chi connectivity index (χ0n) is 10.5. The van der Waals surface area contributed by atoms with E-state index in [2.05, 4.69) is 42.7 Å². The third kappa shape index (κ3) is 3.51. The van der Waals surface area contributed by atoms with E-state index in [0.29, 0.717) is 18.5 Å². The summed E-state index contributed by atoms with van der Waals surface area (Å²) in [7, 11) is 1.95. The highest BCUT2D eigenvalue weighted by Gasteiger charge is 2.10. The molecule has 0 aromatic heterocycles. The van der Waals surface area contributed by atoms with Gasteiger partial charge in [-0.25, -0.2) is 0 Å². The molecule has 0 bridgehead atoms.